The van der Waals surface area contributed by atoms with E-state index in [-0.39, 0.29) is 23.1 Å². The summed E-state index contributed by atoms with van der Waals surface area (Å²) in [5, 5.41) is 3.38. The smallest absolute Gasteiger partial charge is 0.234 e. The summed E-state index contributed by atoms with van der Waals surface area (Å²) < 4.78 is 5.58. The van der Waals surface area contributed by atoms with E-state index in [4.69, 9.17) is 4.42 Å². The molecule has 1 atom stereocenters. The van der Waals surface area contributed by atoms with E-state index in [1.165, 1.54) is 5.56 Å². The summed E-state index contributed by atoms with van der Waals surface area (Å²) in [6, 6.07) is 6.10. The van der Waals surface area contributed by atoms with Crippen LogP contribution in [-0.4, -0.2) is 11.8 Å². The van der Waals surface area contributed by atoms with Crippen molar-refractivity contribution in [2.75, 3.05) is 0 Å². The first-order valence-electron chi connectivity index (χ1n) is 7.21. The van der Waals surface area contributed by atoms with E-state index in [0.717, 1.165) is 16.5 Å². The summed E-state index contributed by atoms with van der Waals surface area (Å²) in [7, 11) is 0. The van der Waals surface area contributed by atoms with Gasteiger partial charge in [0.2, 0.25) is 11.8 Å². The van der Waals surface area contributed by atoms with Crippen molar-refractivity contribution in [2.45, 2.75) is 44.9 Å². The molecule has 1 fully saturated rings. The summed E-state index contributed by atoms with van der Waals surface area (Å²) in [5.41, 5.74) is 2.89. The van der Waals surface area contributed by atoms with Gasteiger partial charge in [-0.2, -0.15) is 0 Å². The highest BCUT2D eigenvalue weighted by Crippen LogP contribution is 2.35. The lowest BCUT2D eigenvalue weighted by molar-refractivity contribution is -0.134. The van der Waals surface area contributed by atoms with E-state index in [1.54, 1.807) is 6.26 Å². The Morgan fingerprint density at radius 3 is 2.67 bits per heavy atom. The van der Waals surface area contributed by atoms with Crippen molar-refractivity contribution in [2.24, 2.45) is 0 Å². The first-order valence-corrected chi connectivity index (χ1v) is 7.21. The number of amides is 2. The third-order valence-electron chi connectivity index (χ3n) is 4.08. The van der Waals surface area contributed by atoms with Crippen LogP contribution in [-0.2, 0) is 15.0 Å². The SMILES string of the molecule is CC(C)(C)c1ccc2occ(C3CCC(=O)NC3=O)c2c1. The highest BCUT2D eigenvalue weighted by molar-refractivity contribution is 6.02. The molecular weight excluding hydrogens is 266 g/mol. The van der Waals surface area contributed by atoms with Crippen molar-refractivity contribution < 1.29 is 14.0 Å². The Morgan fingerprint density at radius 1 is 1.24 bits per heavy atom. The van der Waals surface area contributed by atoms with Gasteiger partial charge in [0.25, 0.3) is 0 Å². The number of piperidine rings is 1. The second-order valence-electron chi connectivity index (χ2n) is 6.66. The van der Waals surface area contributed by atoms with Crippen molar-refractivity contribution >= 4 is 22.8 Å². The molecule has 0 aliphatic carbocycles. The number of hydrogen-bond acceptors (Lipinski definition) is 3. The van der Waals surface area contributed by atoms with Crippen LogP contribution in [0.1, 0.15) is 50.7 Å². The molecule has 2 heterocycles. The zero-order valence-electron chi connectivity index (χ0n) is 12.5. The minimum absolute atomic E-state index is 0.0352. The molecule has 21 heavy (non-hydrogen) atoms. The first-order chi connectivity index (χ1) is 9.86. The maximum Gasteiger partial charge on any atom is 0.234 e. The van der Waals surface area contributed by atoms with Crippen LogP contribution in [0.3, 0.4) is 0 Å². The average molecular weight is 285 g/mol. The van der Waals surface area contributed by atoms with Crippen LogP contribution in [0.4, 0.5) is 0 Å². The molecule has 0 spiro atoms. The van der Waals surface area contributed by atoms with E-state index >= 15 is 0 Å². The second-order valence-corrected chi connectivity index (χ2v) is 6.66. The number of nitrogens with one attached hydrogen (secondary N) is 1. The average Bonchev–Trinajstić information content (AvgIpc) is 2.80. The Kier molecular flexibility index (Phi) is 3.12. The molecule has 0 radical (unpaired) electrons. The Morgan fingerprint density at radius 2 is 2.00 bits per heavy atom. The van der Waals surface area contributed by atoms with Crippen LogP contribution in [0.2, 0.25) is 0 Å². The third-order valence-corrected chi connectivity index (χ3v) is 4.08. The Hall–Kier alpha value is -2.10. The van der Waals surface area contributed by atoms with Crippen LogP contribution in [0, 0.1) is 0 Å². The molecule has 2 aromatic rings. The fourth-order valence-corrected chi connectivity index (χ4v) is 2.78. The van der Waals surface area contributed by atoms with Crippen LogP contribution in [0.5, 0.6) is 0 Å². The van der Waals surface area contributed by atoms with Gasteiger partial charge in [-0.25, -0.2) is 0 Å². The molecule has 3 rings (SSSR count). The molecule has 0 saturated carbocycles. The largest absolute Gasteiger partial charge is 0.464 e. The molecular formula is C17H19NO3. The maximum absolute atomic E-state index is 12.1. The number of hydrogen-bond donors (Lipinski definition) is 1. The standard InChI is InChI=1S/C17H19NO3/c1-17(2,3)10-4-6-14-12(8-10)13(9-21-14)11-5-7-15(19)18-16(11)20/h4,6,8-9,11H,5,7H2,1-3H3,(H,18,19,20). The van der Waals surface area contributed by atoms with Gasteiger partial charge in [-0.05, 0) is 29.5 Å². The lowest BCUT2D eigenvalue weighted by Crippen LogP contribution is -2.39. The van der Waals surface area contributed by atoms with E-state index in [9.17, 15) is 9.59 Å². The van der Waals surface area contributed by atoms with E-state index in [0.29, 0.717) is 12.8 Å². The minimum atomic E-state index is -0.306. The van der Waals surface area contributed by atoms with Crippen LogP contribution >= 0.6 is 0 Å². The molecule has 110 valence electrons. The molecule has 1 aliphatic heterocycles. The topological polar surface area (TPSA) is 59.3 Å². The second kappa shape index (κ2) is 4.72. The van der Waals surface area contributed by atoms with Crippen molar-refractivity contribution in [3.63, 3.8) is 0 Å². The lowest BCUT2D eigenvalue weighted by atomic mass is 9.84. The van der Waals surface area contributed by atoms with Crippen molar-refractivity contribution in [3.8, 4) is 0 Å². The van der Waals surface area contributed by atoms with Gasteiger partial charge < -0.3 is 4.42 Å². The van der Waals surface area contributed by atoms with Gasteiger partial charge in [0.1, 0.15) is 5.58 Å². The normalized spacial score (nSPS) is 19.9. The molecule has 4 heteroatoms. The third kappa shape index (κ3) is 2.46. The number of imide groups is 1. The van der Waals surface area contributed by atoms with Gasteiger partial charge in [0, 0.05) is 17.4 Å². The fraction of sp³-hybridized carbons (Fsp3) is 0.412. The van der Waals surface area contributed by atoms with Crippen molar-refractivity contribution in [1.29, 1.82) is 0 Å². The zero-order chi connectivity index (χ0) is 15.2. The summed E-state index contributed by atoms with van der Waals surface area (Å²) >= 11 is 0. The zero-order valence-corrected chi connectivity index (χ0v) is 12.5. The highest BCUT2D eigenvalue weighted by Gasteiger charge is 2.30. The molecule has 1 unspecified atom stereocenters. The van der Waals surface area contributed by atoms with Gasteiger partial charge in [0.15, 0.2) is 0 Å². The predicted octanol–water partition coefficient (Wildman–Crippen LogP) is 3.25. The Labute approximate surface area is 123 Å². The van der Waals surface area contributed by atoms with E-state index < -0.39 is 0 Å². The molecule has 1 aliphatic rings. The molecule has 2 amide bonds. The molecule has 1 saturated heterocycles. The van der Waals surface area contributed by atoms with Crippen LogP contribution in [0.25, 0.3) is 11.0 Å². The monoisotopic (exact) mass is 285 g/mol. The molecule has 1 aromatic heterocycles. The lowest BCUT2D eigenvalue weighted by Gasteiger charge is -2.21. The summed E-state index contributed by atoms with van der Waals surface area (Å²) in [4.78, 5) is 23.3. The molecule has 0 bridgehead atoms. The minimum Gasteiger partial charge on any atom is -0.464 e. The molecule has 1 N–H and O–H groups in total. The number of fused-ring (bicyclic) bond motifs is 1. The number of furan rings is 1. The molecule has 1 aromatic carbocycles. The van der Waals surface area contributed by atoms with Gasteiger partial charge >= 0.3 is 0 Å². The predicted molar refractivity (Wildman–Crippen MR) is 80.0 cm³/mol. The first kappa shape index (κ1) is 13.9. The summed E-state index contributed by atoms with van der Waals surface area (Å²) in [5.74, 6) is -0.728. The van der Waals surface area contributed by atoms with Crippen LogP contribution < -0.4 is 5.32 Å². The van der Waals surface area contributed by atoms with E-state index in [2.05, 4.69) is 38.2 Å². The summed E-state index contributed by atoms with van der Waals surface area (Å²) in [6.45, 7) is 6.46. The van der Waals surface area contributed by atoms with Crippen LogP contribution in [0.15, 0.2) is 28.9 Å². The highest BCUT2D eigenvalue weighted by atomic mass is 16.3. The Bertz CT molecular complexity index is 721. The molecule has 4 nitrogen and oxygen atoms in total. The fourth-order valence-electron chi connectivity index (χ4n) is 2.78. The number of benzene rings is 1. The number of carbonyl (C=O) groups is 2. The number of carbonyl (C=O) groups excluding carboxylic acids is 2. The van der Waals surface area contributed by atoms with Crippen molar-refractivity contribution in [1.82, 2.24) is 5.32 Å². The maximum atomic E-state index is 12.1. The van der Waals surface area contributed by atoms with Gasteiger partial charge in [0.05, 0.1) is 12.2 Å². The summed E-state index contributed by atoms with van der Waals surface area (Å²) in [6.07, 6.45) is 2.57. The van der Waals surface area contributed by atoms with E-state index in [1.807, 2.05) is 6.07 Å². The van der Waals surface area contributed by atoms with Crippen molar-refractivity contribution in [3.05, 3.63) is 35.6 Å². The quantitative estimate of drug-likeness (QED) is 0.818. The Balaban J connectivity index is 2.07. The number of rotatable bonds is 1. The van der Waals surface area contributed by atoms with Gasteiger partial charge in [-0.3, -0.25) is 14.9 Å². The van der Waals surface area contributed by atoms with Gasteiger partial charge in [-0.15, -0.1) is 0 Å². The van der Waals surface area contributed by atoms with Gasteiger partial charge in [-0.1, -0.05) is 26.8 Å².